The highest BCUT2D eigenvalue weighted by molar-refractivity contribution is 5.75. The van der Waals surface area contributed by atoms with Crippen LogP contribution in [0.3, 0.4) is 0 Å². The molecule has 7 nitrogen and oxygen atoms in total. The molecule has 1 N–H and O–H groups in total. The number of amides is 1. The highest BCUT2D eigenvalue weighted by Gasteiger charge is 2.01. The average Bonchev–Trinajstić information content (AvgIpc) is 2.57. The summed E-state index contributed by atoms with van der Waals surface area (Å²) in [5.41, 5.74) is 0. The summed E-state index contributed by atoms with van der Waals surface area (Å²) in [4.78, 5) is 13.2. The van der Waals surface area contributed by atoms with Crippen molar-refractivity contribution in [2.45, 2.75) is 33.2 Å². The van der Waals surface area contributed by atoms with Crippen LogP contribution in [0.25, 0.3) is 0 Å². The second kappa shape index (κ2) is 17.1. The molecule has 0 heterocycles. The molecule has 0 saturated carbocycles. The maximum absolute atomic E-state index is 11.0. The third-order valence-electron chi connectivity index (χ3n) is 3.48. The number of carbonyl (C=O) groups excluding carboxylic acids is 1. The molecule has 0 spiro atoms. The zero-order valence-corrected chi connectivity index (χ0v) is 15.8. The minimum absolute atomic E-state index is 0.0444. The van der Waals surface area contributed by atoms with Crippen molar-refractivity contribution in [3.8, 4) is 0 Å². The third-order valence-corrected chi connectivity index (χ3v) is 3.48. The number of hydrogen-bond acceptors (Lipinski definition) is 6. The molecule has 0 aliphatic heterocycles. The molecule has 0 aromatic carbocycles. The zero-order valence-electron chi connectivity index (χ0n) is 15.8. The van der Waals surface area contributed by atoms with E-state index in [4.69, 9.17) is 18.9 Å². The molecule has 0 unspecified atom stereocenters. The van der Waals surface area contributed by atoms with Gasteiger partial charge in [-0.1, -0.05) is 6.92 Å². The van der Waals surface area contributed by atoms with Gasteiger partial charge in [0.25, 0.3) is 0 Å². The summed E-state index contributed by atoms with van der Waals surface area (Å²) < 4.78 is 21.6. The standard InChI is InChI=1S/C17H36N2O5/c1-5-17(20)18-6-8-21-10-12-23-14-15-24-13-11-22-9-7-19(4)16(2)3/h16H,5-15H2,1-4H3,(H,18,20). The first kappa shape index (κ1) is 23.3. The highest BCUT2D eigenvalue weighted by atomic mass is 16.6. The molecule has 0 aliphatic rings. The normalized spacial score (nSPS) is 11.4. The summed E-state index contributed by atoms with van der Waals surface area (Å²) in [5, 5.41) is 2.74. The Balaban J connectivity index is 3.09. The number of hydrogen-bond donors (Lipinski definition) is 1. The van der Waals surface area contributed by atoms with Crippen LogP contribution in [0.15, 0.2) is 0 Å². The lowest BCUT2D eigenvalue weighted by Crippen LogP contribution is -2.30. The van der Waals surface area contributed by atoms with Gasteiger partial charge in [-0.2, -0.15) is 0 Å². The lowest BCUT2D eigenvalue weighted by molar-refractivity contribution is -0.121. The van der Waals surface area contributed by atoms with Gasteiger partial charge < -0.3 is 29.2 Å². The number of carbonyl (C=O) groups is 1. The van der Waals surface area contributed by atoms with Crippen LogP contribution in [0.4, 0.5) is 0 Å². The van der Waals surface area contributed by atoms with Crippen molar-refractivity contribution in [1.29, 1.82) is 0 Å². The molecule has 0 radical (unpaired) electrons. The lowest BCUT2D eigenvalue weighted by Gasteiger charge is -2.20. The van der Waals surface area contributed by atoms with Gasteiger partial charge in [0, 0.05) is 25.6 Å². The maximum atomic E-state index is 11.0. The quantitative estimate of drug-likeness (QED) is 0.394. The lowest BCUT2D eigenvalue weighted by atomic mass is 10.3. The molecule has 0 rings (SSSR count). The summed E-state index contributed by atoms with van der Waals surface area (Å²) in [6, 6.07) is 0.543. The molecule has 7 heteroatoms. The van der Waals surface area contributed by atoms with Gasteiger partial charge in [0.15, 0.2) is 0 Å². The third kappa shape index (κ3) is 16.1. The largest absolute Gasteiger partial charge is 0.378 e. The van der Waals surface area contributed by atoms with E-state index in [0.717, 1.165) is 13.2 Å². The Kier molecular flexibility index (Phi) is 16.6. The molecule has 0 aromatic rings. The van der Waals surface area contributed by atoms with Gasteiger partial charge in [-0.15, -0.1) is 0 Å². The molecule has 0 saturated heterocycles. The Morgan fingerprint density at radius 2 is 1.33 bits per heavy atom. The van der Waals surface area contributed by atoms with Crippen LogP contribution in [0, 0.1) is 0 Å². The molecule has 0 fully saturated rings. The van der Waals surface area contributed by atoms with Crippen molar-refractivity contribution >= 4 is 5.91 Å². The fraction of sp³-hybridized carbons (Fsp3) is 0.941. The van der Waals surface area contributed by atoms with Crippen LogP contribution in [0.1, 0.15) is 27.2 Å². The van der Waals surface area contributed by atoms with Crippen molar-refractivity contribution < 1.29 is 23.7 Å². The van der Waals surface area contributed by atoms with Crippen LogP contribution in [0.5, 0.6) is 0 Å². The predicted molar refractivity (Wildman–Crippen MR) is 94.3 cm³/mol. The molecule has 1 amide bonds. The Hall–Kier alpha value is -0.730. The second-order valence-electron chi connectivity index (χ2n) is 5.73. The van der Waals surface area contributed by atoms with Crippen molar-refractivity contribution in [3.63, 3.8) is 0 Å². The van der Waals surface area contributed by atoms with E-state index in [9.17, 15) is 4.79 Å². The van der Waals surface area contributed by atoms with Gasteiger partial charge in [-0.05, 0) is 20.9 Å². The minimum atomic E-state index is 0.0444. The zero-order chi connectivity index (χ0) is 18.0. The minimum Gasteiger partial charge on any atom is -0.378 e. The molecule has 0 aromatic heterocycles. The summed E-state index contributed by atoms with van der Waals surface area (Å²) in [5.74, 6) is 0.0444. The van der Waals surface area contributed by atoms with E-state index in [1.807, 2.05) is 6.92 Å². The van der Waals surface area contributed by atoms with Crippen LogP contribution in [-0.4, -0.2) is 89.8 Å². The molecule has 0 atom stereocenters. The van der Waals surface area contributed by atoms with E-state index in [1.54, 1.807) is 0 Å². The Bertz CT molecular complexity index is 290. The Morgan fingerprint density at radius 3 is 1.79 bits per heavy atom. The molecule has 24 heavy (non-hydrogen) atoms. The SMILES string of the molecule is CCC(=O)NCCOCCOCCOCCOCCN(C)C(C)C. The van der Waals surface area contributed by atoms with Gasteiger partial charge in [0.1, 0.15) is 0 Å². The Morgan fingerprint density at radius 1 is 0.875 bits per heavy atom. The molecular formula is C17H36N2O5. The summed E-state index contributed by atoms with van der Waals surface area (Å²) >= 11 is 0. The monoisotopic (exact) mass is 348 g/mol. The van der Waals surface area contributed by atoms with Gasteiger partial charge in [0.05, 0.1) is 52.9 Å². The first-order chi connectivity index (χ1) is 11.6. The fourth-order valence-corrected chi connectivity index (χ4v) is 1.62. The van der Waals surface area contributed by atoms with Gasteiger partial charge in [0.2, 0.25) is 5.91 Å². The number of likely N-dealkylation sites (N-methyl/N-ethyl adjacent to an activating group) is 1. The number of rotatable bonds is 17. The van der Waals surface area contributed by atoms with E-state index in [0.29, 0.717) is 65.3 Å². The van der Waals surface area contributed by atoms with Gasteiger partial charge >= 0.3 is 0 Å². The van der Waals surface area contributed by atoms with E-state index >= 15 is 0 Å². The molecule has 0 bridgehead atoms. The van der Waals surface area contributed by atoms with Crippen LogP contribution in [-0.2, 0) is 23.7 Å². The van der Waals surface area contributed by atoms with E-state index in [-0.39, 0.29) is 5.91 Å². The molecule has 144 valence electrons. The number of nitrogens with one attached hydrogen (secondary N) is 1. The van der Waals surface area contributed by atoms with Gasteiger partial charge in [-0.3, -0.25) is 4.79 Å². The summed E-state index contributed by atoms with van der Waals surface area (Å²) in [6.07, 6.45) is 0.503. The first-order valence-corrected chi connectivity index (χ1v) is 8.85. The van der Waals surface area contributed by atoms with Gasteiger partial charge in [-0.25, -0.2) is 0 Å². The Labute approximate surface area is 147 Å². The van der Waals surface area contributed by atoms with E-state index < -0.39 is 0 Å². The summed E-state index contributed by atoms with van der Waals surface area (Å²) in [7, 11) is 2.09. The van der Waals surface area contributed by atoms with E-state index in [2.05, 4.69) is 31.1 Å². The second-order valence-corrected chi connectivity index (χ2v) is 5.73. The summed E-state index contributed by atoms with van der Waals surface area (Å²) in [6.45, 7) is 12.2. The van der Waals surface area contributed by atoms with Crippen molar-refractivity contribution in [2.24, 2.45) is 0 Å². The van der Waals surface area contributed by atoms with Crippen molar-refractivity contribution in [1.82, 2.24) is 10.2 Å². The van der Waals surface area contributed by atoms with Crippen LogP contribution < -0.4 is 5.32 Å². The average molecular weight is 348 g/mol. The topological polar surface area (TPSA) is 69.3 Å². The predicted octanol–water partition coefficient (Wildman–Crippen LogP) is 0.919. The molecule has 0 aliphatic carbocycles. The fourth-order valence-electron chi connectivity index (χ4n) is 1.62. The maximum Gasteiger partial charge on any atom is 0.219 e. The smallest absolute Gasteiger partial charge is 0.219 e. The highest BCUT2D eigenvalue weighted by Crippen LogP contribution is 1.92. The first-order valence-electron chi connectivity index (χ1n) is 8.85. The number of ether oxygens (including phenoxy) is 4. The van der Waals surface area contributed by atoms with Crippen LogP contribution >= 0.6 is 0 Å². The van der Waals surface area contributed by atoms with E-state index in [1.165, 1.54) is 0 Å². The van der Waals surface area contributed by atoms with Crippen LogP contribution in [0.2, 0.25) is 0 Å². The van der Waals surface area contributed by atoms with Crippen molar-refractivity contribution in [2.75, 3.05) is 73.0 Å². The number of nitrogens with zero attached hydrogens (tertiary/aromatic N) is 1. The molecular weight excluding hydrogens is 312 g/mol. The van der Waals surface area contributed by atoms with Crippen molar-refractivity contribution in [3.05, 3.63) is 0 Å².